The molecule has 3 heteroatoms. The fourth-order valence-corrected chi connectivity index (χ4v) is 2.28. The van der Waals surface area contributed by atoms with E-state index in [1.807, 2.05) is 12.1 Å². The second-order valence-electron chi connectivity index (χ2n) is 5.82. The minimum absolute atomic E-state index is 0.529. The highest BCUT2D eigenvalue weighted by atomic mass is 16.5. The summed E-state index contributed by atoms with van der Waals surface area (Å²) in [5, 5.41) is 3.65. The minimum Gasteiger partial charge on any atom is -0.497 e. The smallest absolute Gasteiger partial charge is 0.119 e. The van der Waals surface area contributed by atoms with Gasteiger partial charge in [0.1, 0.15) is 5.75 Å². The van der Waals surface area contributed by atoms with Crippen LogP contribution in [0.4, 0.5) is 0 Å². The van der Waals surface area contributed by atoms with E-state index in [4.69, 9.17) is 4.74 Å². The van der Waals surface area contributed by atoms with Crippen LogP contribution in [0.2, 0.25) is 0 Å². The van der Waals surface area contributed by atoms with Gasteiger partial charge in [0.25, 0.3) is 0 Å². The summed E-state index contributed by atoms with van der Waals surface area (Å²) in [6, 6.07) is 8.78. The molecule has 108 valence electrons. The molecule has 19 heavy (non-hydrogen) atoms. The van der Waals surface area contributed by atoms with Gasteiger partial charge in [-0.15, -0.1) is 0 Å². The topological polar surface area (TPSA) is 24.5 Å². The summed E-state index contributed by atoms with van der Waals surface area (Å²) in [6.45, 7) is 6.51. The van der Waals surface area contributed by atoms with Gasteiger partial charge in [-0.25, -0.2) is 0 Å². The van der Waals surface area contributed by atoms with Crippen LogP contribution in [0.3, 0.4) is 0 Å². The maximum absolute atomic E-state index is 5.25. The van der Waals surface area contributed by atoms with Gasteiger partial charge in [-0.05, 0) is 44.1 Å². The predicted molar refractivity (Wildman–Crippen MR) is 81.6 cm³/mol. The quantitative estimate of drug-likeness (QED) is 0.781. The largest absolute Gasteiger partial charge is 0.497 e. The number of hydrogen-bond acceptors (Lipinski definition) is 3. The van der Waals surface area contributed by atoms with E-state index < -0.39 is 0 Å². The van der Waals surface area contributed by atoms with E-state index in [9.17, 15) is 0 Å². The molecule has 0 heterocycles. The van der Waals surface area contributed by atoms with Crippen molar-refractivity contribution in [3.63, 3.8) is 0 Å². The molecule has 0 saturated carbocycles. The first kappa shape index (κ1) is 16.0. The summed E-state index contributed by atoms with van der Waals surface area (Å²) in [5.41, 5.74) is 1.27. The average Bonchev–Trinajstić information content (AvgIpc) is 2.35. The fourth-order valence-electron chi connectivity index (χ4n) is 2.28. The Hall–Kier alpha value is -1.06. The standard InChI is InChI=1S/C16H28N2O/c1-13(2)9-15(12-18(3)4)17-11-14-7-6-8-16(10-14)19-5/h6-8,10,13,15,17H,9,11-12H2,1-5H3. The van der Waals surface area contributed by atoms with Crippen LogP contribution in [0, 0.1) is 5.92 Å². The Kier molecular flexibility index (Phi) is 6.89. The zero-order valence-electron chi connectivity index (χ0n) is 12.9. The Labute approximate surface area is 118 Å². The van der Waals surface area contributed by atoms with E-state index in [0.29, 0.717) is 12.0 Å². The van der Waals surface area contributed by atoms with Crippen molar-refractivity contribution in [1.82, 2.24) is 10.2 Å². The first-order valence-electron chi connectivity index (χ1n) is 7.02. The molecule has 1 N–H and O–H groups in total. The Balaban J connectivity index is 2.54. The monoisotopic (exact) mass is 264 g/mol. The number of likely N-dealkylation sites (N-methyl/N-ethyl adjacent to an activating group) is 1. The number of benzene rings is 1. The molecular weight excluding hydrogens is 236 g/mol. The molecule has 0 aliphatic heterocycles. The number of rotatable bonds is 8. The molecule has 0 fully saturated rings. The Morgan fingerprint density at radius 3 is 2.58 bits per heavy atom. The Bertz CT molecular complexity index is 354. The van der Waals surface area contributed by atoms with Gasteiger partial charge in [0, 0.05) is 19.1 Å². The van der Waals surface area contributed by atoms with E-state index in [-0.39, 0.29) is 0 Å². The van der Waals surface area contributed by atoms with Gasteiger partial charge in [0.2, 0.25) is 0 Å². The summed E-state index contributed by atoms with van der Waals surface area (Å²) in [7, 11) is 5.96. The van der Waals surface area contributed by atoms with E-state index in [1.54, 1.807) is 7.11 Å². The lowest BCUT2D eigenvalue weighted by molar-refractivity contribution is 0.305. The summed E-state index contributed by atoms with van der Waals surface area (Å²) in [5.74, 6) is 1.63. The number of hydrogen-bond donors (Lipinski definition) is 1. The van der Waals surface area contributed by atoms with Gasteiger partial charge >= 0.3 is 0 Å². The van der Waals surface area contributed by atoms with Crippen LogP contribution in [-0.4, -0.2) is 38.7 Å². The van der Waals surface area contributed by atoms with Crippen LogP contribution in [0.25, 0.3) is 0 Å². The summed E-state index contributed by atoms with van der Waals surface area (Å²) < 4.78 is 5.25. The van der Waals surface area contributed by atoms with Crippen LogP contribution in [0.5, 0.6) is 5.75 Å². The van der Waals surface area contributed by atoms with Gasteiger partial charge in [-0.2, -0.15) is 0 Å². The number of methoxy groups -OCH3 is 1. The second kappa shape index (κ2) is 8.18. The van der Waals surface area contributed by atoms with Crippen LogP contribution in [-0.2, 0) is 6.54 Å². The minimum atomic E-state index is 0.529. The van der Waals surface area contributed by atoms with Crippen molar-refractivity contribution in [2.24, 2.45) is 5.92 Å². The molecule has 3 nitrogen and oxygen atoms in total. The maximum atomic E-state index is 5.25. The van der Waals surface area contributed by atoms with E-state index >= 15 is 0 Å². The lowest BCUT2D eigenvalue weighted by atomic mass is 10.0. The predicted octanol–water partition coefficient (Wildman–Crippen LogP) is 2.76. The van der Waals surface area contributed by atoms with E-state index in [2.05, 4.69) is 50.3 Å². The zero-order chi connectivity index (χ0) is 14.3. The lowest BCUT2D eigenvalue weighted by Crippen LogP contribution is -2.38. The molecule has 0 amide bonds. The van der Waals surface area contributed by atoms with Crippen molar-refractivity contribution in [2.75, 3.05) is 27.7 Å². The molecule has 1 aromatic carbocycles. The third-order valence-corrected chi connectivity index (χ3v) is 3.07. The molecule has 1 rings (SSSR count). The number of nitrogens with one attached hydrogen (secondary N) is 1. The molecule has 1 aromatic rings. The number of ether oxygens (including phenoxy) is 1. The Morgan fingerprint density at radius 1 is 1.26 bits per heavy atom. The van der Waals surface area contributed by atoms with E-state index in [1.165, 1.54) is 12.0 Å². The first-order chi connectivity index (χ1) is 9.01. The molecule has 1 unspecified atom stereocenters. The van der Waals surface area contributed by atoms with Crippen molar-refractivity contribution in [1.29, 1.82) is 0 Å². The zero-order valence-corrected chi connectivity index (χ0v) is 12.9. The molecule has 1 atom stereocenters. The van der Waals surface area contributed by atoms with Crippen molar-refractivity contribution >= 4 is 0 Å². The number of nitrogens with zero attached hydrogens (tertiary/aromatic N) is 1. The van der Waals surface area contributed by atoms with Gasteiger partial charge in [-0.1, -0.05) is 26.0 Å². The highest BCUT2D eigenvalue weighted by molar-refractivity contribution is 5.28. The fraction of sp³-hybridized carbons (Fsp3) is 0.625. The van der Waals surface area contributed by atoms with Crippen molar-refractivity contribution in [2.45, 2.75) is 32.9 Å². The Morgan fingerprint density at radius 2 is 2.00 bits per heavy atom. The van der Waals surface area contributed by atoms with E-state index in [0.717, 1.165) is 18.8 Å². The average molecular weight is 264 g/mol. The van der Waals surface area contributed by atoms with Crippen LogP contribution in [0.1, 0.15) is 25.8 Å². The summed E-state index contributed by atoms with van der Waals surface area (Å²) in [4.78, 5) is 2.24. The maximum Gasteiger partial charge on any atom is 0.119 e. The van der Waals surface area contributed by atoms with Crippen molar-refractivity contribution in [3.05, 3.63) is 29.8 Å². The van der Waals surface area contributed by atoms with Gasteiger partial charge in [0.15, 0.2) is 0 Å². The van der Waals surface area contributed by atoms with Crippen molar-refractivity contribution < 1.29 is 4.74 Å². The second-order valence-corrected chi connectivity index (χ2v) is 5.82. The van der Waals surface area contributed by atoms with Crippen LogP contribution < -0.4 is 10.1 Å². The molecule has 0 spiro atoms. The van der Waals surface area contributed by atoms with Gasteiger partial charge in [-0.3, -0.25) is 0 Å². The van der Waals surface area contributed by atoms with Gasteiger partial charge < -0.3 is 15.0 Å². The van der Waals surface area contributed by atoms with Gasteiger partial charge in [0.05, 0.1) is 7.11 Å². The summed E-state index contributed by atoms with van der Waals surface area (Å²) >= 11 is 0. The summed E-state index contributed by atoms with van der Waals surface area (Å²) in [6.07, 6.45) is 1.20. The molecule has 0 aliphatic carbocycles. The third kappa shape index (κ3) is 6.60. The molecule has 0 radical (unpaired) electrons. The molecule has 0 saturated heterocycles. The normalized spacial score (nSPS) is 13.0. The first-order valence-corrected chi connectivity index (χ1v) is 7.02. The molecule has 0 aromatic heterocycles. The third-order valence-electron chi connectivity index (χ3n) is 3.07. The van der Waals surface area contributed by atoms with Crippen LogP contribution in [0.15, 0.2) is 24.3 Å². The lowest BCUT2D eigenvalue weighted by Gasteiger charge is -2.24. The SMILES string of the molecule is COc1cccc(CNC(CC(C)C)CN(C)C)c1. The highest BCUT2D eigenvalue weighted by Gasteiger charge is 2.11. The molecule has 0 aliphatic rings. The van der Waals surface area contributed by atoms with Crippen LogP contribution >= 0.6 is 0 Å². The molecular formula is C16H28N2O. The van der Waals surface area contributed by atoms with Crippen molar-refractivity contribution in [3.8, 4) is 5.75 Å². The molecule has 0 bridgehead atoms. The highest BCUT2D eigenvalue weighted by Crippen LogP contribution is 2.13.